The first-order valence-electron chi connectivity index (χ1n) is 9.79. The van der Waals surface area contributed by atoms with Gasteiger partial charge in [-0.2, -0.15) is 26.3 Å². The van der Waals surface area contributed by atoms with Crippen LogP contribution in [0.3, 0.4) is 0 Å². The van der Waals surface area contributed by atoms with Gasteiger partial charge in [-0.05, 0) is 49.1 Å². The maximum atomic E-state index is 13.2. The van der Waals surface area contributed by atoms with Crippen molar-refractivity contribution in [1.29, 1.82) is 0 Å². The van der Waals surface area contributed by atoms with Gasteiger partial charge < -0.3 is 10.1 Å². The number of rotatable bonds is 5. The van der Waals surface area contributed by atoms with Crippen LogP contribution in [0.4, 0.5) is 26.3 Å². The number of halogens is 6. The van der Waals surface area contributed by atoms with Crippen molar-refractivity contribution in [2.75, 3.05) is 13.2 Å². The van der Waals surface area contributed by atoms with E-state index in [1.165, 1.54) is 6.92 Å². The van der Waals surface area contributed by atoms with E-state index < -0.39 is 35.1 Å². The van der Waals surface area contributed by atoms with Gasteiger partial charge in [-0.3, -0.25) is 0 Å². The fourth-order valence-corrected chi connectivity index (χ4v) is 3.65. The molecule has 2 aromatic rings. The molecule has 0 spiro atoms. The standard InChI is InChI=1S/C23H23F6NO/c1-15-8-9-21(30-13-15,18-6-4-3-5-7-18)14-31-16(2)17-10-19(22(24,25)26)12-20(11-17)23(27,28)29/h3-7,10-12,16,30H,1,8-9,13-14H2,2H3. The summed E-state index contributed by atoms with van der Waals surface area (Å²) < 4.78 is 84.9. The highest BCUT2D eigenvalue weighted by molar-refractivity contribution is 5.35. The number of benzene rings is 2. The van der Waals surface area contributed by atoms with Gasteiger partial charge in [-0.1, -0.05) is 42.5 Å². The third kappa shape index (κ3) is 5.49. The molecule has 2 atom stereocenters. The lowest BCUT2D eigenvalue weighted by molar-refractivity contribution is -0.143. The second-order valence-corrected chi connectivity index (χ2v) is 7.84. The Morgan fingerprint density at radius 1 is 1.00 bits per heavy atom. The molecular formula is C23H23F6NO. The molecule has 1 aliphatic heterocycles. The maximum Gasteiger partial charge on any atom is 0.416 e. The van der Waals surface area contributed by atoms with Crippen LogP contribution < -0.4 is 5.32 Å². The number of piperidine rings is 1. The van der Waals surface area contributed by atoms with Crippen LogP contribution in [0.15, 0.2) is 60.7 Å². The predicted molar refractivity (Wildman–Crippen MR) is 105 cm³/mol. The van der Waals surface area contributed by atoms with Crippen molar-refractivity contribution < 1.29 is 31.1 Å². The van der Waals surface area contributed by atoms with Crippen molar-refractivity contribution >= 4 is 0 Å². The second kappa shape index (κ2) is 8.67. The number of hydrogen-bond acceptors (Lipinski definition) is 2. The number of nitrogens with one attached hydrogen (secondary N) is 1. The smallest absolute Gasteiger partial charge is 0.372 e. The zero-order valence-electron chi connectivity index (χ0n) is 16.9. The lowest BCUT2D eigenvalue weighted by atomic mass is 9.82. The van der Waals surface area contributed by atoms with Crippen LogP contribution >= 0.6 is 0 Å². The van der Waals surface area contributed by atoms with E-state index >= 15 is 0 Å². The van der Waals surface area contributed by atoms with E-state index in [-0.39, 0.29) is 18.2 Å². The molecule has 3 rings (SSSR count). The Balaban J connectivity index is 1.87. The molecule has 2 aromatic carbocycles. The monoisotopic (exact) mass is 443 g/mol. The first-order valence-corrected chi connectivity index (χ1v) is 9.79. The molecule has 2 unspecified atom stereocenters. The van der Waals surface area contributed by atoms with E-state index in [0.29, 0.717) is 25.1 Å². The summed E-state index contributed by atoms with van der Waals surface area (Å²) in [5.41, 5.74) is -1.52. The Morgan fingerprint density at radius 3 is 2.06 bits per heavy atom. The topological polar surface area (TPSA) is 21.3 Å². The summed E-state index contributed by atoms with van der Waals surface area (Å²) in [7, 11) is 0. The van der Waals surface area contributed by atoms with Crippen LogP contribution in [0.25, 0.3) is 0 Å². The molecule has 8 heteroatoms. The lowest BCUT2D eigenvalue weighted by Crippen LogP contribution is -2.50. The molecule has 0 amide bonds. The molecule has 0 aromatic heterocycles. The van der Waals surface area contributed by atoms with Crippen molar-refractivity contribution in [3.63, 3.8) is 0 Å². The van der Waals surface area contributed by atoms with E-state index in [1.54, 1.807) is 0 Å². The summed E-state index contributed by atoms with van der Waals surface area (Å²) >= 11 is 0. The number of hydrogen-bond donors (Lipinski definition) is 1. The van der Waals surface area contributed by atoms with Crippen molar-refractivity contribution in [3.05, 3.63) is 82.9 Å². The molecule has 1 heterocycles. The number of alkyl halides is 6. The minimum Gasteiger partial charge on any atom is -0.372 e. The van der Waals surface area contributed by atoms with Crippen LogP contribution in [-0.2, 0) is 22.6 Å². The van der Waals surface area contributed by atoms with Crippen molar-refractivity contribution in [3.8, 4) is 0 Å². The first-order chi connectivity index (χ1) is 14.4. The zero-order valence-corrected chi connectivity index (χ0v) is 16.9. The summed E-state index contributed by atoms with van der Waals surface area (Å²) in [5, 5.41) is 3.39. The van der Waals surface area contributed by atoms with E-state index in [0.717, 1.165) is 17.6 Å². The Hall–Kier alpha value is -2.32. The molecule has 1 aliphatic rings. The number of ether oxygens (including phenoxy) is 1. The minimum atomic E-state index is -4.90. The second-order valence-electron chi connectivity index (χ2n) is 7.84. The lowest BCUT2D eigenvalue weighted by Gasteiger charge is -2.40. The normalized spacial score (nSPS) is 21.2. The molecule has 1 saturated heterocycles. The molecule has 1 fully saturated rings. The SMILES string of the molecule is C=C1CCC(COC(C)c2cc(C(F)(F)F)cc(C(F)(F)F)c2)(c2ccccc2)NC1. The summed E-state index contributed by atoms with van der Waals surface area (Å²) in [4.78, 5) is 0. The first kappa shape index (κ1) is 23.3. The maximum absolute atomic E-state index is 13.2. The van der Waals surface area contributed by atoms with Crippen LogP contribution in [0.1, 0.15) is 48.1 Å². The van der Waals surface area contributed by atoms with Crippen molar-refractivity contribution in [1.82, 2.24) is 5.32 Å². The van der Waals surface area contributed by atoms with Crippen LogP contribution in [-0.4, -0.2) is 13.2 Å². The molecule has 31 heavy (non-hydrogen) atoms. The van der Waals surface area contributed by atoms with Gasteiger partial charge in [0, 0.05) is 6.54 Å². The summed E-state index contributed by atoms with van der Waals surface area (Å²) in [6.45, 7) is 6.06. The third-order valence-corrected chi connectivity index (χ3v) is 5.57. The van der Waals surface area contributed by atoms with Gasteiger partial charge >= 0.3 is 12.4 Å². The predicted octanol–water partition coefficient (Wildman–Crippen LogP) is 6.64. The van der Waals surface area contributed by atoms with Gasteiger partial charge in [-0.25, -0.2) is 0 Å². The highest BCUT2D eigenvalue weighted by Crippen LogP contribution is 2.39. The summed E-state index contributed by atoms with van der Waals surface area (Å²) in [6.07, 6.45) is -9.38. The quantitative estimate of drug-likeness (QED) is 0.413. The third-order valence-electron chi connectivity index (χ3n) is 5.57. The fourth-order valence-electron chi connectivity index (χ4n) is 3.65. The molecule has 168 valence electrons. The Morgan fingerprint density at radius 2 is 1.58 bits per heavy atom. The largest absolute Gasteiger partial charge is 0.416 e. The van der Waals surface area contributed by atoms with Gasteiger partial charge in [0.15, 0.2) is 0 Å². The molecule has 2 nitrogen and oxygen atoms in total. The fraction of sp³-hybridized carbons (Fsp3) is 0.391. The minimum absolute atomic E-state index is 0.0864. The van der Waals surface area contributed by atoms with Crippen LogP contribution in [0.5, 0.6) is 0 Å². The summed E-state index contributed by atoms with van der Waals surface area (Å²) in [6, 6.07) is 11.0. The Bertz CT molecular complexity index is 878. The van der Waals surface area contributed by atoms with Gasteiger partial charge in [0.25, 0.3) is 0 Å². The van der Waals surface area contributed by atoms with Crippen LogP contribution in [0, 0.1) is 0 Å². The molecular weight excluding hydrogens is 420 g/mol. The zero-order chi connectivity index (χ0) is 22.9. The van der Waals surface area contributed by atoms with E-state index in [2.05, 4.69) is 11.9 Å². The van der Waals surface area contributed by atoms with Gasteiger partial charge in [0.1, 0.15) is 0 Å². The van der Waals surface area contributed by atoms with Gasteiger partial charge in [0.2, 0.25) is 0 Å². The van der Waals surface area contributed by atoms with E-state index in [1.807, 2.05) is 30.3 Å². The van der Waals surface area contributed by atoms with Crippen molar-refractivity contribution in [2.24, 2.45) is 0 Å². The Kier molecular flexibility index (Phi) is 6.53. The average molecular weight is 443 g/mol. The highest BCUT2D eigenvalue weighted by atomic mass is 19.4. The van der Waals surface area contributed by atoms with E-state index in [9.17, 15) is 26.3 Å². The molecule has 1 N–H and O–H groups in total. The van der Waals surface area contributed by atoms with Crippen molar-refractivity contribution in [2.45, 2.75) is 43.8 Å². The average Bonchev–Trinajstić information content (AvgIpc) is 2.72. The van der Waals surface area contributed by atoms with Gasteiger partial charge in [-0.15, -0.1) is 0 Å². The van der Waals surface area contributed by atoms with Gasteiger partial charge in [0.05, 0.1) is 29.4 Å². The van der Waals surface area contributed by atoms with Crippen LogP contribution in [0.2, 0.25) is 0 Å². The molecule has 0 aliphatic carbocycles. The molecule has 0 saturated carbocycles. The Labute approximate surface area is 176 Å². The summed E-state index contributed by atoms with van der Waals surface area (Å²) in [5.74, 6) is 0. The molecule has 0 radical (unpaired) electrons. The van der Waals surface area contributed by atoms with E-state index in [4.69, 9.17) is 4.74 Å². The molecule has 0 bridgehead atoms. The highest BCUT2D eigenvalue weighted by Gasteiger charge is 2.38.